The molecule has 0 atom stereocenters. The van der Waals surface area contributed by atoms with Crippen molar-refractivity contribution in [1.29, 1.82) is 0 Å². The molecule has 0 bridgehead atoms. The van der Waals surface area contributed by atoms with E-state index in [1.807, 2.05) is 6.07 Å². The molecule has 1 aromatic rings. The molecule has 5 nitrogen and oxygen atoms in total. The zero-order chi connectivity index (χ0) is 13.7. The maximum Gasteiger partial charge on any atom is 0.424 e. The second kappa shape index (κ2) is 6.77. The fraction of sp³-hybridized carbons (Fsp3) is 0.182. The molecule has 7 heteroatoms. The molecule has 98 valence electrons. The first-order valence-electron chi connectivity index (χ1n) is 4.99. The zero-order valence-corrected chi connectivity index (χ0v) is 12.7. The molecule has 0 saturated heterocycles. The molecule has 0 aliphatic rings. The van der Waals surface area contributed by atoms with Gasteiger partial charge in [0.1, 0.15) is 6.61 Å². The number of carbonyl (C=O) groups excluding carboxylic acids is 1. The molecule has 0 fully saturated rings. The van der Waals surface area contributed by atoms with E-state index in [9.17, 15) is 4.79 Å². The third kappa shape index (κ3) is 4.01. The first-order valence-corrected chi connectivity index (χ1v) is 6.57. The largest absolute Gasteiger partial charge is 0.444 e. The van der Waals surface area contributed by atoms with E-state index in [1.165, 1.54) is 6.08 Å². The Bertz CT molecular complexity index is 466. The van der Waals surface area contributed by atoms with Crippen LogP contribution in [0.15, 0.2) is 33.7 Å². The average molecular weight is 379 g/mol. The second-order valence-corrected chi connectivity index (χ2v) is 5.23. The van der Waals surface area contributed by atoms with Crippen molar-refractivity contribution in [2.45, 2.75) is 6.61 Å². The number of anilines is 1. The van der Waals surface area contributed by atoms with E-state index in [0.717, 1.165) is 14.0 Å². The lowest BCUT2D eigenvalue weighted by Gasteiger charge is -2.15. The van der Waals surface area contributed by atoms with Crippen LogP contribution in [-0.2, 0) is 11.3 Å². The highest BCUT2D eigenvalue weighted by molar-refractivity contribution is 9.11. The minimum absolute atomic E-state index is 0.0492. The predicted octanol–water partition coefficient (Wildman–Crippen LogP) is 2.79. The van der Waals surface area contributed by atoms with E-state index in [1.54, 1.807) is 6.07 Å². The fourth-order valence-corrected chi connectivity index (χ4v) is 2.51. The van der Waals surface area contributed by atoms with Crippen molar-refractivity contribution < 1.29 is 9.53 Å². The number of amides is 1. The lowest BCUT2D eigenvalue weighted by molar-refractivity contribution is 0.100. The van der Waals surface area contributed by atoms with Gasteiger partial charge in [0.15, 0.2) is 0 Å². The van der Waals surface area contributed by atoms with Crippen LogP contribution in [0.1, 0.15) is 5.56 Å². The van der Waals surface area contributed by atoms with Crippen LogP contribution in [0.3, 0.4) is 0 Å². The van der Waals surface area contributed by atoms with Gasteiger partial charge >= 0.3 is 6.09 Å². The number of ether oxygens (including phenoxy) is 1. The number of hydrogen-bond donors (Lipinski definition) is 2. The third-order valence-electron chi connectivity index (χ3n) is 2.09. The first kappa shape index (κ1) is 15.0. The van der Waals surface area contributed by atoms with Gasteiger partial charge in [-0.25, -0.2) is 15.6 Å². The van der Waals surface area contributed by atoms with Gasteiger partial charge in [-0.05, 0) is 28.1 Å². The summed E-state index contributed by atoms with van der Waals surface area (Å²) < 4.78 is 6.60. The van der Waals surface area contributed by atoms with Crippen LogP contribution >= 0.6 is 31.9 Å². The normalized spacial score (nSPS) is 9.94. The Balaban J connectivity index is 2.69. The van der Waals surface area contributed by atoms with Crippen molar-refractivity contribution in [3.05, 3.63) is 39.3 Å². The smallest absolute Gasteiger partial charge is 0.424 e. The lowest BCUT2D eigenvalue weighted by atomic mass is 10.2. The SMILES string of the molecule is C=CCN(N)C(=O)OCc1cc(Br)cc(Br)c1N. The fourth-order valence-electron chi connectivity index (χ4n) is 1.19. The molecule has 0 aromatic heterocycles. The maximum atomic E-state index is 11.5. The Morgan fingerprint density at radius 3 is 2.78 bits per heavy atom. The van der Waals surface area contributed by atoms with Gasteiger partial charge in [0.05, 0.1) is 12.2 Å². The van der Waals surface area contributed by atoms with Crippen molar-refractivity contribution in [2.75, 3.05) is 12.3 Å². The number of nitrogens with two attached hydrogens (primary N) is 2. The van der Waals surface area contributed by atoms with Crippen LogP contribution in [0.4, 0.5) is 10.5 Å². The van der Waals surface area contributed by atoms with Gasteiger partial charge in [0.2, 0.25) is 0 Å². The molecule has 18 heavy (non-hydrogen) atoms. The standard InChI is InChI=1S/C11H13Br2N3O2/c1-2-3-16(15)11(17)18-6-7-4-8(12)5-9(13)10(7)14/h2,4-5H,1,3,6,14-15H2. The quantitative estimate of drug-likeness (QED) is 0.277. The number of nitrogens with zero attached hydrogens (tertiary/aromatic N) is 1. The molecule has 0 saturated carbocycles. The molecule has 0 aliphatic heterocycles. The van der Waals surface area contributed by atoms with Crippen molar-refractivity contribution in [3.63, 3.8) is 0 Å². The number of halogens is 2. The van der Waals surface area contributed by atoms with Crippen LogP contribution < -0.4 is 11.6 Å². The molecule has 1 aromatic carbocycles. The Hall–Kier alpha value is -1.05. The Labute approximate surface area is 122 Å². The summed E-state index contributed by atoms with van der Waals surface area (Å²) in [5, 5.41) is 0.927. The summed E-state index contributed by atoms with van der Waals surface area (Å²) in [6, 6.07) is 3.59. The predicted molar refractivity (Wildman–Crippen MR) is 77.5 cm³/mol. The van der Waals surface area contributed by atoms with Gasteiger partial charge in [-0.15, -0.1) is 6.58 Å². The first-order chi connectivity index (χ1) is 8.45. The van der Waals surface area contributed by atoms with E-state index in [2.05, 4.69) is 38.4 Å². The van der Waals surface area contributed by atoms with Crippen molar-refractivity contribution in [2.24, 2.45) is 5.84 Å². The van der Waals surface area contributed by atoms with Gasteiger partial charge in [0.25, 0.3) is 0 Å². The van der Waals surface area contributed by atoms with Crippen molar-refractivity contribution >= 4 is 43.6 Å². The summed E-state index contributed by atoms with van der Waals surface area (Å²) in [7, 11) is 0. The molecule has 0 radical (unpaired) electrons. The number of carbonyl (C=O) groups is 1. The molecule has 0 heterocycles. The lowest BCUT2D eigenvalue weighted by Crippen LogP contribution is -2.37. The van der Waals surface area contributed by atoms with Crippen LogP contribution in [-0.4, -0.2) is 17.6 Å². The third-order valence-corrected chi connectivity index (χ3v) is 3.21. The number of nitrogen functional groups attached to an aromatic ring is 1. The minimum Gasteiger partial charge on any atom is -0.444 e. The van der Waals surface area contributed by atoms with Crippen molar-refractivity contribution in [3.8, 4) is 0 Å². The van der Waals surface area contributed by atoms with Crippen molar-refractivity contribution in [1.82, 2.24) is 5.01 Å². The van der Waals surface area contributed by atoms with Gasteiger partial charge in [-0.1, -0.05) is 22.0 Å². The van der Waals surface area contributed by atoms with Crippen LogP contribution in [0.2, 0.25) is 0 Å². The highest BCUT2D eigenvalue weighted by Gasteiger charge is 2.11. The zero-order valence-electron chi connectivity index (χ0n) is 9.53. The van der Waals surface area contributed by atoms with Gasteiger partial charge in [0, 0.05) is 14.5 Å². The molecular formula is C11H13Br2N3O2. The van der Waals surface area contributed by atoms with E-state index in [-0.39, 0.29) is 13.2 Å². The van der Waals surface area contributed by atoms with E-state index >= 15 is 0 Å². The molecule has 0 aliphatic carbocycles. The summed E-state index contributed by atoms with van der Waals surface area (Å²) in [4.78, 5) is 11.5. The molecule has 4 N–H and O–H groups in total. The van der Waals surface area contributed by atoms with E-state index in [4.69, 9.17) is 16.3 Å². The summed E-state index contributed by atoms with van der Waals surface area (Å²) in [6.45, 7) is 3.74. The summed E-state index contributed by atoms with van der Waals surface area (Å²) in [5.41, 5.74) is 7.07. The summed E-state index contributed by atoms with van der Waals surface area (Å²) in [6.07, 6.45) is 0.871. The number of rotatable bonds is 4. The monoisotopic (exact) mass is 377 g/mol. The van der Waals surface area contributed by atoms with Crippen LogP contribution in [0.25, 0.3) is 0 Å². The van der Waals surface area contributed by atoms with Gasteiger partial charge in [-0.3, -0.25) is 0 Å². The van der Waals surface area contributed by atoms with E-state index in [0.29, 0.717) is 11.3 Å². The highest BCUT2D eigenvalue weighted by Crippen LogP contribution is 2.28. The van der Waals surface area contributed by atoms with E-state index < -0.39 is 6.09 Å². The van der Waals surface area contributed by atoms with Crippen LogP contribution in [0.5, 0.6) is 0 Å². The Morgan fingerprint density at radius 1 is 1.50 bits per heavy atom. The Morgan fingerprint density at radius 2 is 2.17 bits per heavy atom. The second-order valence-electron chi connectivity index (χ2n) is 3.46. The van der Waals surface area contributed by atoms with Gasteiger partial charge < -0.3 is 10.5 Å². The average Bonchev–Trinajstić information content (AvgIpc) is 2.31. The number of benzene rings is 1. The summed E-state index contributed by atoms with van der Waals surface area (Å²) in [5.74, 6) is 5.43. The molecule has 1 rings (SSSR count). The number of hydrogen-bond acceptors (Lipinski definition) is 4. The van der Waals surface area contributed by atoms with Gasteiger partial charge in [-0.2, -0.15) is 0 Å². The highest BCUT2D eigenvalue weighted by atomic mass is 79.9. The molecule has 1 amide bonds. The molecular weight excluding hydrogens is 366 g/mol. The van der Waals surface area contributed by atoms with Crippen LogP contribution in [0, 0.1) is 0 Å². The Kier molecular flexibility index (Phi) is 5.64. The summed E-state index contributed by atoms with van der Waals surface area (Å²) >= 11 is 6.65. The maximum absolute atomic E-state index is 11.5. The minimum atomic E-state index is -0.634. The number of hydrazine groups is 1. The molecule has 0 spiro atoms. The topological polar surface area (TPSA) is 81.6 Å². The molecule has 0 unspecified atom stereocenters.